The molecule has 0 atom stereocenters. The van der Waals surface area contributed by atoms with Gasteiger partial charge in [-0.25, -0.2) is 0 Å². The highest BCUT2D eigenvalue weighted by Gasteiger charge is 2.24. The second-order valence-electron chi connectivity index (χ2n) is 13.0. The van der Waals surface area contributed by atoms with Gasteiger partial charge in [-0.1, -0.05) is 7.43 Å². The van der Waals surface area contributed by atoms with Crippen LogP contribution >= 0.6 is 0 Å². The van der Waals surface area contributed by atoms with Crippen molar-refractivity contribution in [1.29, 1.82) is 0 Å². The van der Waals surface area contributed by atoms with Gasteiger partial charge in [-0.15, -0.1) is 13.2 Å². The molecule has 0 bridgehead atoms. The summed E-state index contributed by atoms with van der Waals surface area (Å²) in [6.07, 6.45) is 1.91. The smallest absolute Gasteiger partial charge is 0.320 e. The minimum Gasteiger partial charge on any atom is -0.493 e. The first-order valence-electron chi connectivity index (χ1n) is 19.3. The van der Waals surface area contributed by atoms with Crippen molar-refractivity contribution in [3.05, 3.63) is 48.6 Å². The standard InChI is InChI=1S/C20H30N2O6.C18H26N2O6.C2H6O.C2H4.CH4/c1-5-28-19(24)14-21-8-10-22(11-9-21)18(23)7-6-15-12-16(25-2)20(27-4)17(13-15)26-3;1-24-14-10-13(11-15(25-2)18(14)26-3)4-5-16(21)20-8-6-19(7-9-20)12-17(22)23;1-3-2;1-2;/h12-13H,5-11,14H2,1-4H3;10-11H,4-9,12H2,1-3H3,(H,22,23);1-2H3;1-2H2;1H4. The normalized spacial score (nSPS) is 13.6. The number of piperazine rings is 2. The van der Waals surface area contributed by atoms with Crippen molar-refractivity contribution >= 4 is 23.8 Å². The number of amides is 2. The van der Waals surface area contributed by atoms with Crippen LogP contribution in [0.5, 0.6) is 34.5 Å². The molecule has 0 radical (unpaired) electrons. The zero-order valence-electron chi connectivity index (χ0n) is 36.5. The Kier molecular flexibility index (Phi) is 28.0. The quantitative estimate of drug-likeness (QED) is 0.179. The van der Waals surface area contributed by atoms with Crippen LogP contribution in [-0.2, 0) is 41.5 Å². The lowest BCUT2D eigenvalue weighted by molar-refractivity contribution is -0.145. The first-order valence-corrected chi connectivity index (χ1v) is 19.3. The van der Waals surface area contributed by atoms with Crippen molar-refractivity contribution in [3.63, 3.8) is 0 Å². The molecule has 2 saturated heterocycles. The topological polar surface area (TPSA) is 175 Å². The summed E-state index contributed by atoms with van der Waals surface area (Å²) in [7, 11) is 12.6. The molecule has 0 unspecified atom stereocenters. The summed E-state index contributed by atoms with van der Waals surface area (Å²) in [4.78, 5) is 54.8. The van der Waals surface area contributed by atoms with E-state index in [9.17, 15) is 19.2 Å². The average Bonchev–Trinajstić information content (AvgIpc) is 3.25. The van der Waals surface area contributed by atoms with Gasteiger partial charge in [0.05, 0.1) is 62.4 Å². The summed E-state index contributed by atoms with van der Waals surface area (Å²) in [5.41, 5.74) is 1.88. The number of ether oxygens (including phenoxy) is 8. The van der Waals surface area contributed by atoms with Crippen molar-refractivity contribution in [2.45, 2.75) is 40.0 Å². The third-order valence-corrected chi connectivity index (χ3v) is 9.17. The third-order valence-electron chi connectivity index (χ3n) is 9.17. The van der Waals surface area contributed by atoms with E-state index < -0.39 is 5.97 Å². The number of hydrogen-bond donors (Lipinski definition) is 1. The molecule has 2 amide bonds. The molecule has 60 heavy (non-hydrogen) atoms. The molecule has 0 aromatic heterocycles. The number of carbonyl (C=O) groups is 4. The zero-order chi connectivity index (χ0) is 44.3. The van der Waals surface area contributed by atoms with E-state index in [1.165, 1.54) is 0 Å². The van der Waals surface area contributed by atoms with E-state index in [1.54, 1.807) is 68.7 Å². The van der Waals surface area contributed by atoms with E-state index in [-0.39, 0.29) is 38.3 Å². The molecule has 2 aliphatic heterocycles. The molecule has 17 heteroatoms. The van der Waals surface area contributed by atoms with Crippen molar-refractivity contribution in [2.75, 3.05) is 129 Å². The number of carboxylic acid groups (broad SMARTS) is 1. The van der Waals surface area contributed by atoms with Gasteiger partial charge >= 0.3 is 11.9 Å². The Morgan fingerprint density at radius 1 is 0.567 bits per heavy atom. The van der Waals surface area contributed by atoms with Crippen LogP contribution in [0.15, 0.2) is 37.4 Å². The van der Waals surface area contributed by atoms with Gasteiger partial charge in [0.15, 0.2) is 23.0 Å². The number of methoxy groups -OCH3 is 7. The molecule has 17 nitrogen and oxygen atoms in total. The van der Waals surface area contributed by atoms with Crippen LogP contribution in [0.25, 0.3) is 0 Å². The van der Waals surface area contributed by atoms with Gasteiger partial charge in [-0.05, 0) is 55.2 Å². The van der Waals surface area contributed by atoms with Crippen LogP contribution in [0.1, 0.15) is 38.3 Å². The fraction of sp³-hybridized carbons (Fsp3) is 0.581. The van der Waals surface area contributed by atoms with Gasteiger partial charge in [-0.3, -0.25) is 29.0 Å². The molecular weight excluding hydrogens is 780 g/mol. The number of rotatable bonds is 17. The van der Waals surface area contributed by atoms with Gasteiger partial charge in [0, 0.05) is 79.4 Å². The lowest BCUT2D eigenvalue weighted by Gasteiger charge is -2.34. The van der Waals surface area contributed by atoms with Crippen LogP contribution in [0, 0.1) is 0 Å². The van der Waals surface area contributed by atoms with Crippen molar-refractivity contribution in [1.82, 2.24) is 19.6 Å². The lowest BCUT2D eigenvalue weighted by Crippen LogP contribution is -2.50. The molecule has 2 aromatic rings. The van der Waals surface area contributed by atoms with Crippen LogP contribution in [0.2, 0.25) is 0 Å². The Morgan fingerprint density at radius 3 is 1.15 bits per heavy atom. The lowest BCUT2D eigenvalue weighted by atomic mass is 10.1. The molecule has 2 aliphatic rings. The first-order chi connectivity index (χ1) is 28.4. The number of carboxylic acids is 1. The van der Waals surface area contributed by atoms with E-state index in [1.807, 2.05) is 39.0 Å². The second kappa shape index (κ2) is 30.7. The Balaban J connectivity index is 0.00000103. The zero-order valence-corrected chi connectivity index (χ0v) is 36.5. The summed E-state index contributed by atoms with van der Waals surface area (Å²) in [5.74, 6) is 2.47. The van der Waals surface area contributed by atoms with E-state index in [4.69, 9.17) is 38.3 Å². The maximum atomic E-state index is 12.6. The van der Waals surface area contributed by atoms with Crippen molar-refractivity contribution in [3.8, 4) is 34.5 Å². The van der Waals surface area contributed by atoms with Gasteiger partial charge in [0.1, 0.15) is 0 Å². The Hall–Kier alpha value is -5.26. The Morgan fingerprint density at radius 2 is 0.883 bits per heavy atom. The van der Waals surface area contributed by atoms with Crippen LogP contribution < -0.4 is 28.4 Å². The first kappa shape index (κ1) is 54.7. The van der Waals surface area contributed by atoms with Crippen molar-refractivity contribution in [2.24, 2.45) is 0 Å². The third kappa shape index (κ3) is 18.3. The van der Waals surface area contributed by atoms with E-state index in [0.29, 0.717) is 119 Å². The highest BCUT2D eigenvalue weighted by atomic mass is 16.5. The molecule has 1 N–H and O–H groups in total. The summed E-state index contributed by atoms with van der Waals surface area (Å²) in [6.45, 7) is 13.4. The second-order valence-corrected chi connectivity index (χ2v) is 13.0. The highest BCUT2D eigenvalue weighted by Crippen LogP contribution is 2.39. The van der Waals surface area contributed by atoms with Gasteiger partial charge in [-0.2, -0.15) is 0 Å². The summed E-state index contributed by atoms with van der Waals surface area (Å²) < 4.78 is 41.2. The van der Waals surface area contributed by atoms with E-state index in [2.05, 4.69) is 17.9 Å². The van der Waals surface area contributed by atoms with Gasteiger partial charge in [0.2, 0.25) is 23.3 Å². The number of hydrogen-bond acceptors (Lipinski definition) is 14. The fourth-order valence-corrected chi connectivity index (χ4v) is 6.27. The Labute approximate surface area is 357 Å². The average molecular weight is 851 g/mol. The molecule has 0 saturated carbocycles. The SMILES string of the molecule is C.C=C.CCOC(=O)CN1CCN(C(=O)CCc2cc(OC)c(OC)c(OC)c2)CC1.COC.COc1cc(CCC(=O)N2CCN(CC(=O)O)CC2)cc(OC)c1OC. The number of nitrogens with zero attached hydrogens (tertiary/aromatic N) is 4. The van der Waals surface area contributed by atoms with E-state index in [0.717, 1.165) is 11.1 Å². The van der Waals surface area contributed by atoms with Crippen LogP contribution in [-0.4, -0.2) is 177 Å². The molecule has 2 heterocycles. The van der Waals surface area contributed by atoms with Crippen LogP contribution in [0.3, 0.4) is 0 Å². The number of esters is 1. The number of benzene rings is 2. The fourth-order valence-electron chi connectivity index (χ4n) is 6.27. The minimum atomic E-state index is -0.841. The summed E-state index contributed by atoms with van der Waals surface area (Å²) in [5, 5.41) is 8.82. The predicted octanol–water partition coefficient (Wildman–Crippen LogP) is 3.93. The van der Waals surface area contributed by atoms with Crippen LogP contribution in [0.4, 0.5) is 0 Å². The summed E-state index contributed by atoms with van der Waals surface area (Å²) in [6, 6.07) is 7.43. The molecule has 2 fully saturated rings. The maximum Gasteiger partial charge on any atom is 0.320 e. The van der Waals surface area contributed by atoms with Gasteiger partial charge < -0.3 is 52.8 Å². The molecule has 0 aliphatic carbocycles. The van der Waals surface area contributed by atoms with E-state index >= 15 is 0 Å². The molecule has 340 valence electrons. The molecule has 4 rings (SSSR count). The monoisotopic (exact) mass is 850 g/mol. The van der Waals surface area contributed by atoms with Gasteiger partial charge in [0.25, 0.3) is 0 Å². The number of aliphatic carboxylic acids is 1. The molecular formula is C43H70N4O13. The molecule has 2 aromatic carbocycles. The molecule has 0 spiro atoms. The Bertz CT molecular complexity index is 1530. The number of carbonyl (C=O) groups excluding carboxylic acids is 3. The maximum absolute atomic E-state index is 12.6. The predicted molar refractivity (Wildman–Crippen MR) is 230 cm³/mol. The van der Waals surface area contributed by atoms with Crippen molar-refractivity contribution < 1.29 is 62.2 Å². The highest BCUT2D eigenvalue weighted by molar-refractivity contribution is 5.77. The largest absolute Gasteiger partial charge is 0.493 e. The summed E-state index contributed by atoms with van der Waals surface area (Å²) >= 11 is 0. The minimum absolute atomic E-state index is 0. The number of aryl methyl sites for hydroxylation is 2.